The molecular formula is C10H4F3NO2. The summed E-state index contributed by atoms with van der Waals surface area (Å²) in [6, 6.07) is 2.18. The average molecular weight is 227 g/mol. The number of benzene rings is 1. The second-order valence-corrected chi connectivity index (χ2v) is 2.77. The molecular weight excluding hydrogens is 223 g/mol. The number of rotatable bonds is 2. The molecule has 82 valence electrons. The number of carboxylic acids is 1. The van der Waals surface area contributed by atoms with Crippen molar-refractivity contribution in [1.29, 1.82) is 5.26 Å². The van der Waals surface area contributed by atoms with Gasteiger partial charge in [-0.25, -0.2) is 18.0 Å². The molecule has 1 N–H and O–H groups in total. The van der Waals surface area contributed by atoms with Crippen molar-refractivity contribution in [1.82, 2.24) is 0 Å². The highest BCUT2D eigenvalue weighted by Crippen LogP contribution is 2.17. The van der Waals surface area contributed by atoms with Gasteiger partial charge in [-0.15, -0.1) is 0 Å². The maximum absolute atomic E-state index is 13.1. The van der Waals surface area contributed by atoms with Crippen molar-refractivity contribution in [2.24, 2.45) is 0 Å². The van der Waals surface area contributed by atoms with Crippen LogP contribution < -0.4 is 0 Å². The van der Waals surface area contributed by atoms with Gasteiger partial charge in [0.1, 0.15) is 17.5 Å². The van der Waals surface area contributed by atoms with Crippen molar-refractivity contribution in [2.75, 3.05) is 0 Å². The van der Waals surface area contributed by atoms with E-state index in [2.05, 4.69) is 0 Å². The molecule has 16 heavy (non-hydrogen) atoms. The first-order chi connectivity index (χ1) is 7.45. The number of hydrogen-bond acceptors (Lipinski definition) is 2. The molecule has 0 atom stereocenters. The monoisotopic (exact) mass is 227 g/mol. The van der Waals surface area contributed by atoms with E-state index in [4.69, 9.17) is 10.4 Å². The molecule has 0 aromatic heterocycles. The van der Waals surface area contributed by atoms with Gasteiger partial charge in [-0.05, 0) is 12.1 Å². The van der Waals surface area contributed by atoms with Gasteiger partial charge in [0.25, 0.3) is 0 Å². The Bertz CT molecular complexity index is 518. The Labute approximate surface area is 88.0 Å². The SMILES string of the molecule is N#C/C(=C\c1cc(F)cc(F)c1F)C(=O)O. The van der Waals surface area contributed by atoms with Crippen LogP contribution in [0.4, 0.5) is 13.2 Å². The van der Waals surface area contributed by atoms with Crippen LogP contribution in [-0.4, -0.2) is 11.1 Å². The molecule has 0 spiro atoms. The summed E-state index contributed by atoms with van der Waals surface area (Å²) in [5.41, 5.74) is -1.44. The van der Waals surface area contributed by atoms with Crippen LogP contribution in [0.3, 0.4) is 0 Å². The summed E-state index contributed by atoms with van der Waals surface area (Å²) in [5.74, 6) is -5.52. The van der Waals surface area contributed by atoms with E-state index in [0.717, 1.165) is 0 Å². The predicted octanol–water partition coefficient (Wildman–Crippen LogP) is 2.10. The normalized spacial score (nSPS) is 11.0. The lowest BCUT2D eigenvalue weighted by atomic mass is 10.1. The zero-order valence-electron chi connectivity index (χ0n) is 7.67. The molecule has 0 saturated carbocycles. The zero-order valence-corrected chi connectivity index (χ0v) is 7.67. The molecule has 0 bridgehead atoms. The summed E-state index contributed by atoms with van der Waals surface area (Å²) in [5, 5.41) is 16.8. The maximum atomic E-state index is 13.1. The Morgan fingerprint density at radius 2 is 2.00 bits per heavy atom. The van der Waals surface area contributed by atoms with E-state index in [9.17, 15) is 18.0 Å². The summed E-state index contributed by atoms with van der Waals surface area (Å²) in [7, 11) is 0. The Hall–Kier alpha value is -2.29. The van der Waals surface area contributed by atoms with E-state index < -0.39 is 34.6 Å². The highest BCUT2D eigenvalue weighted by atomic mass is 19.2. The maximum Gasteiger partial charge on any atom is 0.346 e. The first-order valence-electron chi connectivity index (χ1n) is 3.95. The molecule has 6 heteroatoms. The third-order valence-corrected chi connectivity index (χ3v) is 1.67. The van der Waals surface area contributed by atoms with Gasteiger partial charge in [-0.2, -0.15) is 5.26 Å². The topological polar surface area (TPSA) is 61.1 Å². The van der Waals surface area contributed by atoms with Crippen LogP contribution in [0, 0.1) is 28.8 Å². The van der Waals surface area contributed by atoms with Crippen molar-refractivity contribution in [3.8, 4) is 6.07 Å². The van der Waals surface area contributed by atoms with Crippen LogP contribution in [0.5, 0.6) is 0 Å². The van der Waals surface area contributed by atoms with Gasteiger partial charge in [0.2, 0.25) is 0 Å². The van der Waals surface area contributed by atoms with Crippen molar-refractivity contribution in [3.05, 3.63) is 40.7 Å². The van der Waals surface area contributed by atoms with Crippen molar-refractivity contribution in [2.45, 2.75) is 0 Å². The number of hydrogen-bond donors (Lipinski definition) is 1. The number of nitrogens with zero attached hydrogens (tertiary/aromatic N) is 1. The number of aliphatic carboxylic acids is 1. The van der Waals surface area contributed by atoms with Crippen LogP contribution in [0.15, 0.2) is 17.7 Å². The molecule has 0 amide bonds. The molecule has 1 aromatic carbocycles. The minimum Gasteiger partial charge on any atom is -0.477 e. The van der Waals surface area contributed by atoms with Crippen LogP contribution in [0.2, 0.25) is 0 Å². The summed E-state index contributed by atoms with van der Waals surface area (Å²) in [6.45, 7) is 0. The van der Waals surface area contributed by atoms with Gasteiger partial charge in [-0.3, -0.25) is 0 Å². The van der Waals surface area contributed by atoms with Gasteiger partial charge in [0, 0.05) is 11.6 Å². The zero-order chi connectivity index (χ0) is 12.3. The van der Waals surface area contributed by atoms with E-state index in [-0.39, 0.29) is 0 Å². The van der Waals surface area contributed by atoms with Gasteiger partial charge in [-0.1, -0.05) is 0 Å². The minimum atomic E-state index is -1.61. The van der Waals surface area contributed by atoms with E-state index in [1.165, 1.54) is 6.07 Å². The standard InChI is InChI=1S/C10H4F3NO2/c11-7-2-5(9(13)8(12)3-7)1-6(4-14)10(15)16/h1-3H,(H,15,16)/b6-1+. The highest BCUT2D eigenvalue weighted by molar-refractivity contribution is 5.96. The van der Waals surface area contributed by atoms with E-state index >= 15 is 0 Å². The summed E-state index contributed by atoms with van der Waals surface area (Å²) >= 11 is 0. The molecule has 0 heterocycles. The molecule has 3 nitrogen and oxygen atoms in total. The van der Waals surface area contributed by atoms with Crippen molar-refractivity contribution in [3.63, 3.8) is 0 Å². The van der Waals surface area contributed by atoms with Crippen LogP contribution in [0.1, 0.15) is 5.56 Å². The molecule has 0 aliphatic heterocycles. The van der Waals surface area contributed by atoms with Crippen LogP contribution in [0.25, 0.3) is 6.08 Å². The minimum absolute atomic E-state index is 0.319. The highest BCUT2D eigenvalue weighted by Gasteiger charge is 2.12. The predicted molar refractivity (Wildman–Crippen MR) is 47.5 cm³/mol. The number of nitriles is 1. The number of halogens is 3. The van der Waals surface area contributed by atoms with Gasteiger partial charge in [0.05, 0.1) is 0 Å². The number of carbonyl (C=O) groups is 1. The Balaban J connectivity index is 3.35. The van der Waals surface area contributed by atoms with Crippen molar-refractivity contribution < 1.29 is 23.1 Å². The lowest BCUT2D eigenvalue weighted by Gasteiger charge is -1.99. The van der Waals surface area contributed by atoms with E-state index in [1.807, 2.05) is 0 Å². The lowest BCUT2D eigenvalue weighted by molar-refractivity contribution is -0.132. The number of carboxylic acid groups (broad SMARTS) is 1. The quantitative estimate of drug-likeness (QED) is 0.478. The third-order valence-electron chi connectivity index (χ3n) is 1.67. The summed E-state index contributed by atoms with van der Waals surface area (Å²) in [4.78, 5) is 10.4. The van der Waals surface area contributed by atoms with E-state index in [1.54, 1.807) is 0 Å². The van der Waals surface area contributed by atoms with Gasteiger partial charge in [0.15, 0.2) is 11.6 Å². The lowest BCUT2D eigenvalue weighted by Crippen LogP contribution is -1.99. The first kappa shape index (κ1) is 11.8. The Morgan fingerprint density at radius 1 is 1.38 bits per heavy atom. The van der Waals surface area contributed by atoms with Gasteiger partial charge < -0.3 is 5.11 Å². The fourth-order valence-corrected chi connectivity index (χ4v) is 0.978. The average Bonchev–Trinajstić information content (AvgIpc) is 2.20. The first-order valence-corrected chi connectivity index (χ1v) is 3.95. The van der Waals surface area contributed by atoms with Crippen LogP contribution >= 0.6 is 0 Å². The summed E-state index contributed by atoms with van der Waals surface area (Å²) < 4.78 is 38.5. The molecule has 0 saturated heterocycles. The van der Waals surface area contributed by atoms with E-state index in [0.29, 0.717) is 18.2 Å². The molecule has 0 unspecified atom stereocenters. The molecule has 1 aromatic rings. The third kappa shape index (κ3) is 2.39. The van der Waals surface area contributed by atoms with Gasteiger partial charge >= 0.3 is 5.97 Å². The largest absolute Gasteiger partial charge is 0.477 e. The fraction of sp³-hybridized carbons (Fsp3) is 0. The fourth-order valence-electron chi connectivity index (χ4n) is 0.978. The van der Waals surface area contributed by atoms with Crippen LogP contribution in [-0.2, 0) is 4.79 Å². The molecule has 0 fully saturated rings. The molecule has 0 aliphatic rings. The Kier molecular flexibility index (Phi) is 3.30. The second kappa shape index (κ2) is 4.49. The second-order valence-electron chi connectivity index (χ2n) is 2.77. The van der Waals surface area contributed by atoms with Crippen molar-refractivity contribution >= 4 is 12.0 Å². The Morgan fingerprint density at radius 3 is 2.50 bits per heavy atom. The molecule has 0 radical (unpaired) electrons. The molecule has 1 rings (SSSR count). The summed E-state index contributed by atoms with van der Waals surface area (Å²) in [6.07, 6.45) is 0.559. The smallest absolute Gasteiger partial charge is 0.346 e. The molecule has 0 aliphatic carbocycles.